The highest BCUT2D eigenvalue weighted by Crippen LogP contribution is 2.37. The van der Waals surface area contributed by atoms with Gasteiger partial charge in [0.15, 0.2) is 0 Å². The van der Waals surface area contributed by atoms with Crippen LogP contribution in [0.3, 0.4) is 0 Å². The summed E-state index contributed by atoms with van der Waals surface area (Å²) in [5, 5.41) is 8.96. The summed E-state index contributed by atoms with van der Waals surface area (Å²) in [6.45, 7) is 9.57. The van der Waals surface area contributed by atoms with Crippen LogP contribution < -0.4 is 5.32 Å². The first-order chi connectivity index (χ1) is 19.9. The van der Waals surface area contributed by atoms with E-state index < -0.39 is 5.54 Å². The maximum atomic E-state index is 13.9. The van der Waals surface area contributed by atoms with E-state index in [4.69, 9.17) is 16.7 Å². The van der Waals surface area contributed by atoms with Crippen molar-refractivity contribution in [2.24, 2.45) is 5.92 Å². The van der Waals surface area contributed by atoms with Gasteiger partial charge in [-0.15, -0.1) is 24.8 Å². The molecule has 0 radical (unpaired) electrons. The van der Waals surface area contributed by atoms with Gasteiger partial charge in [0.25, 0.3) is 0 Å². The highest BCUT2D eigenvalue weighted by molar-refractivity contribution is 6.30. The van der Waals surface area contributed by atoms with Gasteiger partial charge in [-0.05, 0) is 68.7 Å². The third-order valence-corrected chi connectivity index (χ3v) is 10.1. The molecule has 1 atom stereocenters. The Labute approximate surface area is 275 Å². The summed E-state index contributed by atoms with van der Waals surface area (Å²) < 4.78 is 2.07. The number of piperazine rings is 1. The fourth-order valence-corrected chi connectivity index (χ4v) is 7.52. The molecule has 0 bridgehead atoms. The number of benzene rings is 1. The third kappa shape index (κ3) is 7.54. The lowest BCUT2D eigenvalue weighted by Crippen LogP contribution is -2.73. The molecule has 2 aliphatic heterocycles. The fraction of sp³-hybridized carbons (Fsp3) is 0.667. The molecule has 2 aromatic rings. The van der Waals surface area contributed by atoms with Gasteiger partial charge in [0.2, 0.25) is 11.8 Å². The van der Waals surface area contributed by atoms with Crippen LogP contribution in [0.1, 0.15) is 102 Å². The van der Waals surface area contributed by atoms with Gasteiger partial charge < -0.3 is 10.2 Å². The van der Waals surface area contributed by atoms with Crippen LogP contribution >= 0.6 is 36.4 Å². The summed E-state index contributed by atoms with van der Waals surface area (Å²) >= 11 is 6.15. The number of nitrogens with one attached hydrogen (secondary N) is 1. The van der Waals surface area contributed by atoms with E-state index in [1.807, 2.05) is 29.2 Å². The Kier molecular flexibility index (Phi) is 13.2. The van der Waals surface area contributed by atoms with Crippen LogP contribution in [0.15, 0.2) is 24.3 Å². The van der Waals surface area contributed by atoms with Crippen LogP contribution in [0.5, 0.6) is 0 Å². The van der Waals surface area contributed by atoms with E-state index in [1.165, 1.54) is 43.4 Å². The minimum absolute atomic E-state index is 0. The van der Waals surface area contributed by atoms with E-state index in [1.54, 1.807) is 0 Å². The second kappa shape index (κ2) is 16.0. The van der Waals surface area contributed by atoms with Crippen LogP contribution in [0.2, 0.25) is 5.02 Å². The molecule has 2 saturated heterocycles. The van der Waals surface area contributed by atoms with E-state index in [0.29, 0.717) is 25.3 Å². The largest absolute Gasteiger partial charge is 0.342 e. The summed E-state index contributed by atoms with van der Waals surface area (Å²) in [6.07, 6.45) is 12.0. The average Bonchev–Trinajstić information content (AvgIpc) is 3.35. The van der Waals surface area contributed by atoms with Crippen molar-refractivity contribution < 1.29 is 9.59 Å². The van der Waals surface area contributed by atoms with Gasteiger partial charge in [-0.1, -0.05) is 70.9 Å². The Morgan fingerprint density at radius 3 is 2.26 bits per heavy atom. The monoisotopic (exact) mass is 653 g/mol. The summed E-state index contributed by atoms with van der Waals surface area (Å²) in [4.78, 5) is 32.2. The Balaban J connectivity index is 0.00000253. The number of hydrogen-bond acceptors (Lipinski definition) is 4. The van der Waals surface area contributed by atoms with Crippen LogP contribution in [0.25, 0.3) is 5.69 Å². The van der Waals surface area contributed by atoms with Crippen molar-refractivity contribution in [3.63, 3.8) is 0 Å². The van der Waals surface area contributed by atoms with Gasteiger partial charge >= 0.3 is 0 Å². The Morgan fingerprint density at radius 1 is 0.977 bits per heavy atom. The molecule has 5 rings (SSSR count). The van der Waals surface area contributed by atoms with Crippen molar-refractivity contribution in [3.8, 4) is 5.69 Å². The smallest absolute Gasteiger partial charge is 0.246 e. The molecule has 1 N–H and O–H groups in total. The first-order valence-electron chi connectivity index (χ1n) is 16.1. The number of nitrogens with zero attached hydrogens (tertiary/aromatic N) is 4. The molecule has 1 aromatic carbocycles. The van der Waals surface area contributed by atoms with Gasteiger partial charge in [0.1, 0.15) is 11.6 Å². The van der Waals surface area contributed by atoms with Crippen molar-refractivity contribution in [2.45, 2.75) is 116 Å². The number of aryl methyl sites for hydroxylation is 1. The summed E-state index contributed by atoms with van der Waals surface area (Å²) in [7, 11) is 0. The number of amides is 2. The fourth-order valence-electron chi connectivity index (χ4n) is 7.40. The zero-order valence-electron chi connectivity index (χ0n) is 26.1. The normalized spacial score (nSPS) is 20.9. The summed E-state index contributed by atoms with van der Waals surface area (Å²) in [5.74, 6) is 0.784. The zero-order chi connectivity index (χ0) is 29.0. The SMILES string of the molecule is CCCCN1C(=O)C(CC2CCCCC2)NC(=O)C12CCN(Cc1c(CC)nn(-c3ccc(Cl)cc3)c1CC)CC2.Cl.Cl. The molecule has 3 fully saturated rings. The Morgan fingerprint density at radius 2 is 1.65 bits per heavy atom. The molecule has 1 aliphatic carbocycles. The maximum absolute atomic E-state index is 13.9. The van der Waals surface area contributed by atoms with Gasteiger partial charge in [0, 0.05) is 42.5 Å². The molecular weight excluding hydrogens is 605 g/mol. The Hall–Kier alpha value is -1.80. The van der Waals surface area contributed by atoms with Gasteiger partial charge in [-0.3, -0.25) is 14.5 Å². The van der Waals surface area contributed by atoms with Crippen LogP contribution in [-0.4, -0.2) is 62.6 Å². The van der Waals surface area contributed by atoms with Crippen LogP contribution in [0.4, 0.5) is 0 Å². The first-order valence-corrected chi connectivity index (χ1v) is 16.5. The number of carbonyl (C=O) groups excluding carboxylic acids is 2. The molecular formula is C33H50Cl3N5O2. The van der Waals surface area contributed by atoms with Crippen LogP contribution in [-0.2, 0) is 29.0 Å². The molecule has 1 unspecified atom stereocenters. The topological polar surface area (TPSA) is 70.5 Å². The lowest BCUT2D eigenvalue weighted by Gasteiger charge is -2.52. The summed E-state index contributed by atoms with van der Waals surface area (Å²) in [5.41, 5.74) is 3.94. The van der Waals surface area contributed by atoms with E-state index in [2.05, 4.69) is 35.7 Å². The molecule has 1 spiro atoms. The molecule has 3 heterocycles. The van der Waals surface area contributed by atoms with Gasteiger partial charge in [-0.2, -0.15) is 5.10 Å². The molecule has 7 nitrogen and oxygen atoms in total. The highest BCUT2D eigenvalue weighted by Gasteiger charge is 2.53. The number of unbranched alkanes of at least 4 members (excludes halogenated alkanes) is 1. The molecule has 2 amide bonds. The Bertz CT molecular complexity index is 1200. The number of halogens is 3. The summed E-state index contributed by atoms with van der Waals surface area (Å²) in [6, 6.07) is 7.51. The number of rotatable bonds is 10. The van der Waals surface area contributed by atoms with Crippen molar-refractivity contribution in [1.82, 2.24) is 24.9 Å². The minimum Gasteiger partial charge on any atom is -0.342 e. The highest BCUT2D eigenvalue weighted by atomic mass is 35.5. The lowest BCUT2D eigenvalue weighted by atomic mass is 9.79. The predicted octanol–water partition coefficient (Wildman–Crippen LogP) is 6.93. The maximum Gasteiger partial charge on any atom is 0.246 e. The second-order valence-corrected chi connectivity index (χ2v) is 12.8. The van der Waals surface area contributed by atoms with Crippen molar-refractivity contribution >= 4 is 48.2 Å². The third-order valence-electron chi connectivity index (χ3n) is 9.82. The zero-order valence-corrected chi connectivity index (χ0v) is 28.5. The number of carbonyl (C=O) groups is 2. The lowest BCUT2D eigenvalue weighted by molar-refractivity contribution is -0.162. The molecule has 240 valence electrons. The van der Waals surface area contributed by atoms with E-state index in [-0.39, 0.29) is 42.7 Å². The average molecular weight is 655 g/mol. The molecule has 10 heteroatoms. The van der Waals surface area contributed by atoms with Crippen LogP contribution in [0, 0.1) is 5.92 Å². The molecule has 3 aliphatic rings. The standard InChI is InChI=1S/C33H48ClN5O2.2ClH/c1-4-7-19-38-31(40)29(22-24-11-9-8-10-12-24)35-32(41)33(38)17-20-37(21-18-33)23-27-28(5-2)36-39(30(27)6-3)26-15-13-25(34)14-16-26;;/h13-16,24,29H,4-12,17-23H2,1-3H3,(H,35,41);2*1H. The number of piperidine rings is 1. The minimum atomic E-state index is -0.722. The first kappa shape index (κ1) is 35.7. The van der Waals surface area contributed by atoms with Crippen molar-refractivity contribution in [2.75, 3.05) is 19.6 Å². The van der Waals surface area contributed by atoms with Crippen molar-refractivity contribution in [3.05, 3.63) is 46.2 Å². The van der Waals surface area contributed by atoms with E-state index >= 15 is 0 Å². The predicted molar refractivity (Wildman–Crippen MR) is 179 cm³/mol. The molecule has 1 saturated carbocycles. The van der Waals surface area contributed by atoms with E-state index in [9.17, 15) is 9.59 Å². The molecule has 1 aromatic heterocycles. The van der Waals surface area contributed by atoms with Gasteiger partial charge in [0.05, 0.1) is 11.4 Å². The quantitative estimate of drug-likeness (QED) is 0.302. The van der Waals surface area contributed by atoms with Gasteiger partial charge in [-0.25, -0.2) is 4.68 Å². The van der Waals surface area contributed by atoms with E-state index in [0.717, 1.165) is 68.1 Å². The van der Waals surface area contributed by atoms with Crippen molar-refractivity contribution in [1.29, 1.82) is 0 Å². The number of likely N-dealkylation sites (tertiary alicyclic amines) is 1. The number of aromatic nitrogens is 2. The second-order valence-electron chi connectivity index (χ2n) is 12.4. The number of hydrogen-bond donors (Lipinski definition) is 1. The molecule has 43 heavy (non-hydrogen) atoms.